The first-order valence-electron chi connectivity index (χ1n) is 5.93. The van der Waals surface area contributed by atoms with E-state index in [1.165, 1.54) is 0 Å². The Balaban J connectivity index is 2.03. The molecular formula is C12H17N5O. The van der Waals surface area contributed by atoms with Gasteiger partial charge >= 0.3 is 0 Å². The summed E-state index contributed by atoms with van der Waals surface area (Å²) in [6.07, 6.45) is 3.46. The van der Waals surface area contributed by atoms with E-state index in [4.69, 9.17) is 0 Å². The molecule has 2 N–H and O–H groups in total. The zero-order valence-corrected chi connectivity index (χ0v) is 10.7. The number of aromatic amines is 1. The second-order valence-corrected chi connectivity index (χ2v) is 4.48. The Morgan fingerprint density at radius 1 is 1.39 bits per heavy atom. The quantitative estimate of drug-likeness (QED) is 0.863. The predicted octanol–water partition coefficient (Wildman–Crippen LogP) is 1.68. The van der Waals surface area contributed by atoms with Crippen molar-refractivity contribution in [3.05, 3.63) is 35.9 Å². The summed E-state index contributed by atoms with van der Waals surface area (Å²) in [6, 6.07) is 3.67. The highest BCUT2D eigenvalue weighted by Crippen LogP contribution is 2.09. The van der Waals surface area contributed by atoms with E-state index < -0.39 is 0 Å². The minimum absolute atomic E-state index is 0.121. The lowest BCUT2D eigenvalue weighted by Gasteiger charge is -2.10. The van der Waals surface area contributed by atoms with Crippen molar-refractivity contribution in [3.63, 3.8) is 0 Å². The molecule has 0 radical (unpaired) electrons. The van der Waals surface area contributed by atoms with Gasteiger partial charge in [-0.15, -0.1) is 0 Å². The van der Waals surface area contributed by atoms with Crippen LogP contribution in [-0.4, -0.2) is 25.9 Å². The van der Waals surface area contributed by atoms with Crippen molar-refractivity contribution in [2.45, 2.75) is 32.9 Å². The first kappa shape index (κ1) is 12.3. The third-order valence-corrected chi connectivity index (χ3v) is 2.71. The molecule has 0 saturated heterocycles. The summed E-state index contributed by atoms with van der Waals surface area (Å²) < 4.78 is 1.76. The predicted molar refractivity (Wildman–Crippen MR) is 67.1 cm³/mol. The van der Waals surface area contributed by atoms with E-state index in [0.29, 0.717) is 5.69 Å². The standard InChI is InChI=1S/C12H17N5O/c1-8(2)17-7-5-11(16-17)12(18)14-9(3)10-4-6-13-15-10/h4-9H,1-3H3,(H,13,15)(H,14,18)/t9-/m1/s1. The van der Waals surface area contributed by atoms with Crippen LogP contribution in [0.3, 0.4) is 0 Å². The maximum Gasteiger partial charge on any atom is 0.272 e. The molecule has 0 bridgehead atoms. The molecule has 2 aromatic heterocycles. The molecule has 0 spiro atoms. The molecule has 18 heavy (non-hydrogen) atoms. The Labute approximate surface area is 105 Å². The molecule has 2 aromatic rings. The zero-order valence-electron chi connectivity index (χ0n) is 10.7. The van der Waals surface area contributed by atoms with Crippen LogP contribution in [0.5, 0.6) is 0 Å². The van der Waals surface area contributed by atoms with Crippen LogP contribution >= 0.6 is 0 Å². The van der Waals surface area contributed by atoms with Crippen molar-refractivity contribution in [1.82, 2.24) is 25.3 Å². The number of rotatable bonds is 4. The number of carbonyl (C=O) groups is 1. The Kier molecular flexibility index (Phi) is 3.45. The van der Waals surface area contributed by atoms with Crippen molar-refractivity contribution in [2.75, 3.05) is 0 Å². The molecule has 0 aliphatic carbocycles. The minimum atomic E-state index is -0.184. The lowest BCUT2D eigenvalue weighted by molar-refractivity contribution is 0.0933. The van der Waals surface area contributed by atoms with Gasteiger partial charge in [0.1, 0.15) is 5.69 Å². The highest BCUT2D eigenvalue weighted by atomic mass is 16.2. The normalized spacial score (nSPS) is 12.7. The molecule has 1 amide bonds. The smallest absolute Gasteiger partial charge is 0.272 e. The Bertz CT molecular complexity index is 514. The second kappa shape index (κ2) is 5.03. The van der Waals surface area contributed by atoms with E-state index in [9.17, 15) is 4.79 Å². The van der Waals surface area contributed by atoms with Crippen LogP contribution in [0.4, 0.5) is 0 Å². The van der Waals surface area contributed by atoms with Gasteiger partial charge in [0.2, 0.25) is 0 Å². The molecule has 6 heteroatoms. The van der Waals surface area contributed by atoms with Crippen LogP contribution in [0, 0.1) is 0 Å². The molecule has 2 heterocycles. The maximum atomic E-state index is 12.0. The van der Waals surface area contributed by atoms with Crippen LogP contribution in [-0.2, 0) is 0 Å². The van der Waals surface area contributed by atoms with Crippen molar-refractivity contribution in [2.24, 2.45) is 0 Å². The van der Waals surface area contributed by atoms with Crippen molar-refractivity contribution in [1.29, 1.82) is 0 Å². The largest absolute Gasteiger partial charge is 0.343 e. The summed E-state index contributed by atoms with van der Waals surface area (Å²) in [5.74, 6) is -0.184. The lowest BCUT2D eigenvalue weighted by Crippen LogP contribution is -2.27. The fraction of sp³-hybridized carbons (Fsp3) is 0.417. The van der Waals surface area contributed by atoms with Crippen LogP contribution in [0.25, 0.3) is 0 Å². The summed E-state index contributed by atoms with van der Waals surface area (Å²) in [5.41, 5.74) is 1.29. The molecule has 0 saturated carbocycles. The number of carbonyl (C=O) groups excluding carboxylic acids is 1. The first-order chi connectivity index (χ1) is 8.58. The van der Waals surface area contributed by atoms with Gasteiger partial charge in [0.15, 0.2) is 0 Å². The molecule has 1 atom stereocenters. The lowest BCUT2D eigenvalue weighted by atomic mass is 10.2. The molecule has 96 valence electrons. The third kappa shape index (κ3) is 2.58. The number of H-pyrrole nitrogens is 1. The number of aromatic nitrogens is 4. The Morgan fingerprint density at radius 3 is 2.72 bits per heavy atom. The van der Waals surface area contributed by atoms with Crippen molar-refractivity contribution in [3.8, 4) is 0 Å². The van der Waals surface area contributed by atoms with Gasteiger partial charge in [0.05, 0.1) is 11.7 Å². The molecule has 2 rings (SSSR count). The molecule has 0 fully saturated rings. The van der Waals surface area contributed by atoms with Gasteiger partial charge in [-0.05, 0) is 32.9 Å². The highest BCUT2D eigenvalue weighted by molar-refractivity contribution is 5.92. The van der Waals surface area contributed by atoms with E-state index >= 15 is 0 Å². The van der Waals surface area contributed by atoms with Crippen molar-refractivity contribution >= 4 is 5.91 Å². The van der Waals surface area contributed by atoms with E-state index in [-0.39, 0.29) is 18.0 Å². The summed E-state index contributed by atoms with van der Waals surface area (Å²) in [5, 5.41) is 13.8. The van der Waals surface area contributed by atoms with Gasteiger partial charge in [-0.1, -0.05) is 0 Å². The van der Waals surface area contributed by atoms with E-state index in [1.54, 1.807) is 23.1 Å². The average molecular weight is 247 g/mol. The number of nitrogens with zero attached hydrogens (tertiary/aromatic N) is 3. The van der Waals surface area contributed by atoms with Crippen molar-refractivity contribution < 1.29 is 4.79 Å². The van der Waals surface area contributed by atoms with Crippen LogP contribution in [0.2, 0.25) is 0 Å². The van der Waals surface area contributed by atoms with Crippen LogP contribution in [0.1, 0.15) is 49.0 Å². The topological polar surface area (TPSA) is 75.6 Å². The molecule has 0 unspecified atom stereocenters. The fourth-order valence-electron chi connectivity index (χ4n) is 1.60. The monoisotopic (exact) mass is 247 g/mol. The van der Waals surface area contributed by atoms with Gasteiger partial charge in [0.25, 0.3) is 5.91 Å². The first-order valence-corrected chi connectivity index (χ1v) is 5.93. The molecular weight excluding hydrogens is 230 g/mol. The minimum Gasteiger partial charge on any atom is -0.343 e. The zero-order chi connectivity index (χ0) is 13.1. The maximum absolute atomic E-state index is 12.0. The van der Waals surface area contributed by atoms with E-state index in [2.05, 4.69) is 20.6 Å². The third-order valence-electron chi connectivity index (χ3n) is 2.71. The molecule has 6 nitrogen and oxygen atoms in total. The Morgan fingerprint density at radius 2 is 2.17 bits per heavy atom. The molecule has 0 aliphatic rings. The Hall–Kier alpha value is -2.11. The number of hydrogen-bond acceptors (Lipinski definition) is 3. The van der Waals surface area contributed by atoms with Crippen LogP contribution < -0.4 is 5.32 Å². The number of hydrogen-bond donors (Lipinski definition) is 2. The summed E-state index contributed by atoms with van der Waals surface area (Å²) in [4.78, 5) is 12.0. The fourth-order valence-corrected chi connectivity index (χ4v) is 1.60. The van der Waals surface area contributed by atoms with Gasteiger partial charge in [-0.3, -0.25) is 14.6 Å². The van der Waals surface area contributed by atoms with Gasteiger partial charge < -0.3 is 5.32 Å². The highest BCUT2D eigenvalue weighted by Gasteiger charge is 2.15. The summed E-state index contributed by atoms with van der Waals surface area (Å²) in [6.45, 7) is 5.93. The summed E-state index contributed by atoms with van der Waals surface area (Å²) >= 11 is 0. The van der Waals surface area contributed by atoms with Crippen LogP contribution in [0.15, 0.2) is 24.5 Å². The molecule has 0 aromatic carbocycles. The molecule has 0 aliphatic heterocycles. The SMILES string of the molecule is CC(C)n1ccc(C(=O)N[C@H](C)c2ccn[nH]2)n1. The van der Waals surface area contributed by atoms with E-state index in [1.807, 2.05) is 26.8 Å². The average Bonchev–Trinajstić information content (AvgIpc) is 3.00. The summed E-state index contributed by atoms with van der Waals surface area (Å²) in [7, 11) is 0. The van der Waals surface area contributed by atoms with Gasteiger partial charge in [-0.2, -0.15) is 10.2 Å². The van der Waals surface area contributed by atoms with Gasteiger partial charge in [0, 0.05) is 18.4 Å². The number of nitrogens with one attached hydrogen (secondary N) is 2. The second-order valence-electron chi connectivity index (χ2n) is 4.48. The van der Waals surface area contributed by atoms with Gasteiger partial charge in [-0.25, -0.2) is 0 Å². The number of amides is 1. The van der Waals surface area contributed by atoms with E-state index in [0.717, 1.165) is 5.69 Å².